The van der Waals surface area contributed by atoms with Crippen molar-refractivity contribution in [2.45, 2.75) is 18.2 Å². The molecule has 2 nitrogen and oxygen atoms in total. The molecule has 0 radical (unpaired) electrons. The van der Waals surface area contributed by atoms with Gasteiger partial charge in [0.1, 0.15) is 5.82 Å². The zero-order chi connectivity index (χ0) is 12.5. The van der Waals surface area contributed by atoms with Crippen molar-refractivity contribution in [2.75, 3.05) is 11.5 Å². The van der Waals surface area contributed by atoms with Crippen LogP contribution in [0.1, 0.15) is 12.0 Å². The Morgan fingerprint density at radius 3 is 2.71 bits per heavy atom. The van der Waals surface area contributed by atoms with Crippen molar-refractivity contribution in [1.29, 1.82) is 0 Å². The van der Waals surface area contributed by atoms with Crippen molar-refractivity contribution >= 4 is 21.4 Å². The van der Waals surface area contributed by atoms with Crippen molar-refractivity contribution in [2.24, 2.45) is 5.92 Å². The molecular formula is C12H14ClFO2S. The van der Waals surface area contributed by atoms with Crippen LogP contribution in [-0.2, 0) is 16.3 Å². The van der Waals surface area contributed by atoms with E-state index in [0.29, 0.717) is 18.4 Å². The highest BCUT2D eigenvalue weighted by atomic mass is 35.5. The minimum atomic E-state index is -2.92. The summed E-state index contributed by atoms with van der Waals surface area (Å²) >= 11 is 6.19. The van der Waals surface area contributed by atoms with Crippen molar-refractivity contribution < 1.29 is 12.8 Å². The minimum absolute atomic E-state index is 0.0544. The van der Waals surface area contributed by atoms with Crippen molar-refractivity contribution in [3.63, 3.8) is 0 Å². The van der Waals surface area contributed by atoms with Gasteiger partial charge in [-0.1, -0.05) is 18.2 Å². The molecule has 1 aliphatic heterocycles. The van der Waals surface area contributed by atoms with Crippen molar-refractivity contribution in [1.82, 2.24) is 0 Å². The number of benzene rings is 1. The highest BCUT2D eigenvalue weighted by Crippen LogP contribution is 2.28. The molecule has 1 fully saturated rings. The predicted octanol–water partition coefficient (Wildman–Crippen LogP) is 2.41. The number of alkyl halides is 1. The van der Waals surface area contributed by atoms with Crippen LogP contribution in [0.15, 0.2) is 24.3 Å². The van der Waals surface area contributed by atoms with E-state index in [-0.39, 0.29) is 28.6 Å². The van der Waals surface area contributed by atoms with Crippen LogP contribution in [0.25, 0.3) is 0 Å². The molecule has 0 N–H and O–H groups in total. The van der Waals surface area contributed by atoms with Crippen LogP contribution in [0.5, 0.6) is 0 Å². The van der Waals surface area contributed by atoms with E-state index < -0.39 is 9.84 Å². The van der Waals surface area contributed by atoms with Gasteiger partial charge in [0.2, 0.25) is 0 Å². The number of halogens is 2. The van der Waals surface area contributed by atoms with Gasteiger partial charge >= 0.3 is 0 Å². The fourth-order valence-electron chi connectivity index (χ4n) is 2.15. The number of hydrogen-bond donors (Lipinski definition) is 0. The van der Waals surface area contributed by atoms with Gasteiger partial charge in [-0.05, 0) is 30.4 Å². The first-order valence-corrected chi connectivity index (χ1v) is 7.81. The van der Waals surface area contributed by atoms with E-state index in [1.165, 1.54) is 6.07 Å². The fraction of sp³-hybridized carbons (Fsp3) is 0.500. The molecule has 2 atom stereocenters. The summed E-state index contributed by atoms with van der Waals surface area (Å²) in [7, 11) is -2.92. The average molecular weight is 277 g/mol. The molecule has 0 amide bonds. The SMILES string of the molecule is O=S1(=O)CCC(C(Cl)Cc2ccccc2F)C1. The van der Waals surface area contributed by atoms with Gasteiger partial charge in [0.25, 0.3) is 0 Å². The summed E-state index contributed by atoms with van der Waals surface area (Å²) in [5.41, 5.74) is 0.553. The summed E-state index contributed by atoms with van der Waals surface area (Å²) in [5, 5.41) is -0.316. The second-order valence-electron chi connectivity index (χ2n) is 4.47. The summed E-state index contributed by atoms with van der Waals surface area (Å²) < 4.78 is 36.1. The number of sulfone groups is 1. The Hall–Kier alpha value is -0.610. The van der Waals surface area contributed by atoms with E-state index in [1.807, 2.05) is 0 Å². The first kappa shape index (κ1) is 12.8. The van der Waals surface area contributed by atoms with Crippen LogP contribution in [0.2, 0.25) is 0 Å². The van der Waals surface area contributed by atoms with E-state index in [1.54, 1.807) is 18.2 Å². The number of rotatable bonds is 3. The van der Waals surface area contributed by atoms with Crippen molar-refractivity contribution in [3.8, 4) is 0 Å². The Labute approximate surface area is 106 Å². The van der Waals surface area contributed by atoms with Gasteiger partial charge in [0.05, 0.1) is 11.5 Å². The van der Waals surface area contributed by atoms with Gasteiger partial charge in [-0.25, -0.2) is 12.8 Å². The lowest BCUT2D eigenvalue weighted by Crippen LogP contribution is -2.19. The molecule has 0 bridgehead atoms. The van der Waals surface area contributed by atoms with Crippen LogP contribution in [0.4, 0.5) is 4.39 Å². The summed E-state index contributed by atoms with van der Waals surface area (Å²) in [6.45, 7) is 0. The lowest BCUT2D eigenvalue weighted by Gasteiger charge is -2.15. The lowest BCUT2D eigenvalue weighted by atomic mass is 9.98. The molecule has 2 rings (SSSR count). The predicted molar refractivity (Wildman–Crippen MR) is 66.5 cm³/mol. The molecule has 0 aliphatic carbocycles. The summed E-state index contributed by atoms with van der Waals surface area (Å²) in [6, 6.07) is 6.47. The molecule has 94 valence electrons. The standard InChI is InChI=1S/C12H14ClFO2S/c13-11(10-5-6-17(15,16)8-10)7-9-3-1-2-4-12(9)14/h1-4,10-11H,5-8H2. The van der Waals surface area contributed by atoms with Gasteiger partial charge in [-0.3, -0.25) is 0 Å². The van der Waals surface area contributed by atoms with E-state index >= 15 is 0 Å². The molecule has 1 heterocycles. The molecule has 2 unspecified atom stereocenters. The molecule has 0 aromatic heterocycles. The maximum atomic E-state index is 13.4. The number of hydrogen-bond acceptors (Lipinski definition) is 2. The Morgan fingerprint density at radius 2 is 2.12 bits per heavy atom. The van der Waals surface area contributed by atoms with Crippen LogP contribution >= 0.6 is 11.6 Å². The van der Waals surface area contributed by atoms with Gasteiger partial charge in [0, 0.05) is 5.38 Å². The molecule has 1 aliphatic rings. The van der Waals surface area contributed by atoms with Gasteiger partial charge in [0.15, 0.2) is 9.84 Å². The maximum absolute atomic E-state index is 13.4. The zero-order valence-corrected chi connectivity index (χ0v) is 10.8. The second kappa shape index (κ2) is 4.94. The monoisotopic (exact) mass is 276 g/mol. The van der Waals surface area contributed by atoms with Crippen LogP contribution < -0.4 is 0 Å². The molecule has 17 heavy (non-hydrogen) atoms. The van der Waals surface area contributed by atoms with E-state index in [0.717, 1.165) is 0 Å². The smallest absolute Gasteiger partial charge is 0.150 e. The van der Waals surface area contributed by atoms with Gasteiger partial charge in [-0.2, -0.15) is 0 Å². The lowest BCUT2D eigenvalue weighted by molar-refractivity contribution is 0.535. The molecular weight excluding hydrogens is 263 g/mol. The largest absolute Gasteiger partial charge is 0.229 e. The molecule has 1 aromatic rings. The maximum Gasteiger partial charge on any atom is 0.150 e. The van der Waals surface area contributed by atoms with E-state index in [4.69, 9.17) is 11.6 Å². The van der Waals surface area contributed by atoms with Gasteiger partial charge in [-0.15, -0.1) is 11.6 Å². The Balaban J connectivity index is 2.03. The normalized spacial score (nSPS) is 24.7. The highest BCUT2D eigenvalue weighted by Gasteiger charge is 2.32. The van der Waals surface area contributed by atoms with Crippen LogP contribution in [-0.4, -0.2) is 25.3 Å². The topological polar surface area (TPSA) is 34.1 Å². The summed E-state index contributed by atoms with van der Waals surface area (Å²) in [5.74, 6) is 0.00797. The zero-order valence-electron chi connectivity index (χ0n) is 9.27. The van der Waals surface area contributed by atoms with Crippen LogP contribution in [0.3, 0.4) is 0 Å². The van der Waals surface area contributed by atoms with Crippen LogP contribution in [0, 0.1) is 11.7 Å². The fourth-order valence-corrected chi connectivity index (χ4v) is 4.52. The second-order valence-corrected chi connectivity index (χ2v) is 7.26. The van der Waals surface area contributed by atoms with Gasteiger partial charge < -0.3 is 0 Å². The summed E-state index contributed by atoms with van der Waals surface area (Å²) in [6.07, 6.45) is 0.972. The third kappa shape index (κ3) is 3.19. The third-order valence-electron chi connectivity index (χ3n) is 3.15. The minimum Gasteiger partial charge on any atom is -0.229 e. The molecule has 0 spiro atoms. The highest BCUT2D eigenvalue weighted by molar-refractivity contribution is 7.91. The Kier molecular flexibility index (Phi) is 3.73. The third-order valence-corrected chi connectivity index (χ3v) is 5.46. The molecule has 1 aromatic carbocycles. The summed E-state index contributed by atoms with van der Waals surface area (Å²) in [4.78, 5) is 0. The van der Waals surface area contributed by atoms with E-state index in [2.05, 4.69) is 0 Å². The first-order valence-electron chi connectivity index (χ1n) is 5.56. The first-order chi connectivity index (χ1) is 7.98. The molecule has 1 saturated heterocycles. The Bertz CT molecular complexity index is 501. The quantitative estimate of drug-likeness (QED) is 0.795. The van der Waals surface area contributed by atoms with Crippen molar-refractivity contribution in [3.05, 3.63) is 35.6 Å². The molecule has 0 saturated carbocycles. The molecule has 5 heteroatoms. The van der Waals surface area contributed by atoms with E-state index in [9.17, 15) is 12.8 Å². The Morgan fingerprint density at radius 1 is 1.41 bits per heavy atom. The average Bonchev–Trinajstić information content (AvgIpc) is 2.62.